The summed E-state index contributed by atoms with van der Waals surface area (Å²) in [6.45, 7) is 17.3. The third-order valence-corrected chi connectivity index (χ3v) is 14.3. The number of aryl methyl sites for hydroxylation is 1. The smallest absolute Gasteiger partial charge is 0.229 e. The van der Waals surface area contributed by atoms with Crippen LogP contribution in [0.5, 0.6) is 0 Å². The van der Waals surface area contributed by atoms with Gasteiger partial charge in [-0.1, -0.05) is 60.7 Å². The van der Waals surface area contributed by atoms with Gasteiger partial charge in [-0.05, 0) is 54.3 Å². The molecule has 0 radical (unpaired) electrons. The lowest BCUT2D eigenvalue weighted by atomic mass is 10.1. The van der Waals surface area contributed by atoms with Crippen LogP contribution in [-0.4, -0.2) is 167 Å². The Morgan fingerprint density at radius 2 is 1.15 bits per heavy atom. The molecule has 0 N–H and O–H groups in total. The largest absolute Gasteiger partial charge is 0.748 e. The first kappa shape index (κ1) is 58.8. The molecule has 1 aromatic heterocycles. The van der Waals surface area contributed by atoms with Crippen LogP contribution in [0.3, 0.4) is 0 Å². The number of anilines is 1. The van der Waals surface area contributed by atoms with E-state index in [1.807, 2.05) is 114 Å². The SMILES string of the molecule is [C-]#[N+]c1c(N=Nc2ccc(N(CC(OCCOCCOCC[N+](C)(C)CCCS(=O)(=O)[O-])c3ccccc3)CC(OCCOCC[N+](C)(C)CCCS(=O)(=O)[O-])c3ccccc3)cc2C)sc(C#N)c1C. The van der Waals surface area contributed by atoms with Gasteiger partial charge in [-0.25, -0.2) is 21.7 Å². The fourth-order valence-electron chi connectivity index (χ4n) is 7.48. The number of azo groups is 1. The van der Waals surface area contributed by atoms with E-state index in [1.54, 1.807) is 6.92 Å². The highest BCUT2D eigenvalue weighted by atomic mass is 32.2. The van der Waals surface area contributed by atoms with Crippen molar-refractivity contribution in [3.8, 4) is 6.07 Å². The van der Waals surface area contributed by atoms with E-state index < -0.39 is 38.2 Å². The van der Waals surface area contributed by atoms with E-state index in [0.717, 1.165) is 33.7 Å². The number of benzene rings is 3. The molecule has 1 heterocycles. The molecule has 4 rings (SSSR count). The summed E-state index contributed by atoms with van der Waals surface area (Å²) >= 11 is 1.14. The molecular formula is C50H69N7O11S3. The fourth-order valence-corrected chi connectivity index (χ4v) is 9.31. The quantitative estimate of drug-likeness (QED) is 0.0145. The van der Waals surface area contributed by atoms with Crippen molar-refractivity contribution in [2.45, 2.75) is 38.9 Å². The van der Waals surface area contributed by atoms with Crippen LogP contribution >= 0.6 is 11.3 Å². The van der Waals surface area contributed by atoms with Gasteiger partial charge in [0.25, 0.3) is 0 Å². The van der Waals surface area contributed by atoms with Crippen molar-refractivity contribution < 1.29 is 58.6 Å². The molecule has 0 saturated carbocycles. The van der Waals surface area contributed by atoms with Crippen LogP contribution in [0.1, 0.15) is 52.2 Å². The first-order valence-corrected chi connectivity index (χ1v) is 27.4. The van der Waals surface area contributed by atoms with E-state index in [2.05, 4.69) is 26.0 Å². The Morgan fingerprint density at radius 3 is 1.59 bits per heavy atom. The van der Waals surface area contributed by atoms with Gasteiger partial charge in [0.05, 0.1) is 132 Å². The zero-order valence-corrected chi connectivity index (χ0v) is 44.2. The minimum atomic E-state index is -4.26. The fraction of sp³-hybridized carbons (Fsp3) is 0.520. The summed E-state index contributed by atoms with van der Waals surface area (Å²) in [4.78, 5) is 6.25. The van der Waals surface area contributed by atoms with E-state index in [1.165, 1.54) is 0 Å². The third-order valence-electron chi connectivity index (χ3n) is 11.7. The number of hydrogen-bond acceptors (Lipinski definition) is 16. The van der Waals surface area contributed by atoms with Crippen LogP contribution in [0.15, 0.2) is 89.1 Å². The minimum absolute atomic E-state index is 0.277. The summed E-state index contributed by atoms with van der Waals surface area (Å²) in [7, 11) is -0.623. The number of nitriles is 1. The Labute approximate surface area is 424 Å². The van der Waals surface area contributed by atoms with Gasteiger partial charge >= 0.3 is 0 Å². The molecule has 0 spiro atoms. The molecule has 0 bridgehead atoms. The predicted octanol–water partition coefficient (Wildman–Crippen LogP) is 7.60. The minimum Gasteiger partial charge on any atom is -0.748 e. The van der Waals surface area contributed by atoms with E-state index >= 15 is 0 Å². The van der Waals surface area contributed by atoms with Crippen LogP contribution in [-0.2, 0) is 43.9 Å². The Kier molecular flexibility index (Phi) is 24.1. The van der Waals surface area contributed by atoms with Crippen molar-refractivity contribution in [1.82, 2.24) is 0 Å². The summed E-state index contributed by atoms with van der Waals surface area (Å²) in [6, 6.07) is 27.9. The first-order valence-electron chi connectivity index (χ1n) is 23.4. The molecule has 0 aliphatic carbocycles. The Hall–Kier alpha value is -4.72. The van der Waals surface area contributed by atoms with Gasteiger partial charge in [-0.2, -0.15) is 15.5 Å². The molecule has 2 atom stereocenters. The highest BCUT2D eigenvalue weighted by molar-refractivity contribution is 7.85. The standard InChI is InChI=1S/C50H69N7O11S3/c1-40-36-44(20-21-45(40)53-54-50-49(52-3)41(2)48(37-51)69-50)55(38-46(42-16-10-8-11-17-42)67-32-30-65-27-25-57(6,7)23-15-35-71(61,62)63)39-47(43-18-12-9-13-19-43)68-33-31-66-29-28-64-26-24-56(4,5)22-14-34-70(58,59)60/h8-13,16-21,36,46-47H,14-15,22-35,38-39H2,1-2,4-7H3. The lowest BCUT2D eigenvalue weighted by Crippen LogP contribution is -2.43. The summed E-state index contributed by atoms with van der Waals surface area (Å²) in [6.07, 6.45) is -0.228. The van der Waals surface area contributed by atoms with Crippen molar-refractivity contribution in [2.75, 3.05) is 137 Å². The molecule has 0 saturated heterocycles. The Balaban J connectivity index is 1.49. The number of hydrogen-bond donors (Lipinski definition) is 0. The van der Waals surface area contributed by atoms with E-state index in [9.17, 15) is 31.2 Å². The van der Waals surface area contributed by atoms with Gasteiger partial charge in [0.15, 0.2) is 0 Å². The lowest BCUT2D eigenvalue weighted by molar-refractivity contribution is -0.890. The maximum atomic E-state index is 11.1. The topological polar surface area (TPSA) is 217 Å². The maximum absolute atomic E-state index is 11.1. The molecule has 388 valence electrons. The zero-order chi connectivity index (χ0) is 51.9. The normalized spacial score (nSPS) is 13.3. The number of likely N-dealkylation sites (N-methyl/N-ethyl adjacent to an activating group) is 2. The first-order chi connectivity index (χ1) is 33.7. The van der Waals surface area contributed by atoms with Crippen molar-refractivity contribution in [3.05, 3.63) is 117 Å². The average Bonchev–Trinajstić information content (AvgIpc) is 3.63. The van der Waals surface area contributed by atoms with Crippen LogP contribution in [0.2, 0.25) is 0 Å². The molecule has 0 aliphatic heterocycles. The van der Waals surface area contributed by atoms with Gasteiger partial charge < -0.3 is 46.7 Å². The second kappa shape index (κ2) is 29.1. The highest BCUT2D eigenvalue weighted by Gasteiger charge is 2.24. The third kappa shape index (κ3) is 22.3. The van der Waals surface area contributed by atoms with Crippen molar-refractivity contribution in [2.24, 2.45) is 10.2 Å². The van der Waals surface area contributed by atoms with Gasteiger partial charge in [-0.15, -0.1) is 11.3 Å². The summed E-state index contributed by atoms with van der Waals surface area (Å²) in [5, 5.41) is 18.9. The summed E-state index contributed by atoms with van der Waals surface area (Å²) in [5.41, 5.74) is 5.16. The predicted molar refractivity (Wildman–Crippen MR) is 272 cm³/mol. The second-order valence-corrected chi connectivity index (χ2v) is 22.4. The van der Waals surface area contributed by atoms with Crippen molar-refractivity contribution in [3.63, 3.8) is 0 Å². The molecule has 0 amide bonds. The van der Waals surface area contributed by atoms with Gasteiger partial charge in [0.2, 0.25) is 5.69 Å². The summed E-state index contributed by atoms with van der Waals surface area (Å²) < 4.78 is 98.3. The van der Waals surface area contributed by atoms with Crippen LogP contribution in [0.4, 0.5) is 22.1 Å². The molecule has 21 heteroatoms. The molecule has 71 heavy (non-hydrogen) atoms. The van der Waals surface area contributed by atoms with Crippen LogP contribution in [0, 0.1) is 31.8 Å². The zero-order valence-electron chi connectivity index (χ0n) is 41.7. The monoisotopic (exact) mass is 1040 g/mol. The summed E-state index contributed by atoms with van der Waals surface area (Å²) in [5.74, 6) is -0.767. The van der Waals surface area contributed by atoms with Crippen LogP contribution in [0.25, 0.3) is 4.85 Å². The van der Waals surface area contributed by atoms with E-state index in [0.29, 0.717) is 134 Å². The highest BCUT2D eigenvalue weighted by Crippen LogP contribution is 2.43. The van der Waals surface area contributed by atoms with Gasteiger partial charge in [0.1, 0.15) is 36.4 Å². The molecule has 0 aliphatic rings. The maximum Gasteiger partial charge on any atom is 0.229 e. The molecule has 3 aromatic carbocycles. The molecule has 4 aromatic rings. The van der Waals surface area contributed by atoms with E-state index in [-0.39, 0.29) is 12.2 Å². The number of ether oxygens (including phenoxy) is 5. The van der Waals surface area contributed by atoms with Gasteiger partial charge in [0, 0.05) is 43.1 Å². The second-order valence-electron chi connectivity index (χ2n) is 18.4. The van der Waals surface area contributed by atoms with Crippen molar-refractivity contribution >= 4 is 53.6 Å². The lowest BCUT2D eigenvalue weighted by Gasteiger charge is -2.33. The molecule has 18 nitrogen and oxygen atoms in total. The van der Waals surface area contributed by atoms with E-state index in [4.69, 9.17) is 30.3 Å². The Morgan fingerprint density at radius 1 is 0.690 bits per heavy atom. The molecular weight excluding hydrogens is 971 g/mol. The average molecular weight is 1040 g/mol. The van der Waals surface area contributed by atoms with Gasteiger partial charge in [-0.3, -0.25) is 0 Å². The molecule has 2 unspecified atom stereocenters. The Bertz CT molecular complexity index is 2580. The van der Waals surface area contributed by atoms with Crippen LogP contribution < -0.4 is 4.90 Å². The number of quaternary nitrogens is 2. The molecule has 0 fully saturated rings. The number of nitrogens with zero attached hydrogens (tertiary/aromatic N) is 7. The van der Waals surface area contributed by atoms with Crippen molar-refractivity contribution in [1.29, 1.82) is 5.26 Å². The number of rotatable bonds is 34. The number of thiophene rings is 1.